The molecule has 0 saturated heterocycles. The summed E-state index contributed by atoms with van der Waals surface area (Å²) >= 11 is 0. The maximum Gasteiger partial charge on any atom is 0.322 e. The minimum atomic E-state index is -1.24. The number of phenolic OH excluding ortho intramolecular Hbond substituents is 1. The highest BCUT2D eigenvalue weighted by Gasteiger charge is 2.24. The second-order valence-electron chi connectivity index (χ2n) is 6.43. The number of phenols is 1. The molecule has 2 atom stereocenters. The molecule has 1 aromatic rings. The summed E-state index contributed by atoms with van der Waals surface area (Å²) in [4.78, 5) is 57.6. The van der Waals surface area contributed by atoms with Crippen LogP contribution in [0.3, 0.4) is 0 Å². The molecule has 0 aromatic heterocycles. The highest BCUT2D eigenvalue weighted by molar-refractivity contribution is 5.92. The van der Waals surface area contributed by atoms with Crippen LogP contribution in [0.25, 0.3) is 0 Å². The number of carboxylic acid groups (broad SMARTS) is 1. The lowest BCUT2D eigenvalue weighted by Crippen LogP contribution is -2.53. The van der Waals surface area contributed by atoms with Crippen molar-refractivity contribution in [2.45, 2.75) is 31.3 Å². The maximum absolute atomic E-state index is 12.5. The fourth-order valence-corrected chi connectivity index (χ4v) is 2.31. The van der Waals surface area contributed by atoms with E-state index in [0.29, 0.717) is 5.56 Å². The molecule has 1 aromatic carbocycles. The Hall–Kier alpha value is -3.67. The number of primary amides is 1. The molecule has 0 saturated carbocycles. The third-order valence-electron chi connectivity index (χ3n) is 3.91. The van der Waals surface area contributed by atoms with Crippen LogP contribution in [0.4, 0.5) is 0 Å². The van der Waals surface area contributed by atoms with E-state index in [1.54, 1.807) is 12.1 Å². The molecule has 2 unspecified atom stereocenters. The Morgan fingerprint density at radius 1 is 0.967 bits per heavy atom. The van der Waals surface area contributed by atoms with Gasteiger partial charge in [-0.1, -0.05) is 12.1 Å². The summed E-state index contributed by atoms with van der Waals surface area (Å²) < 4.78 is 0. The minimum absolute atomic E-state index is 0.00763. The van der Waals surface area contributed by atoms with Gasteiger partial charge in [-0.05, 0) is 24.1 Å². The first-order chi connectivity index (χ1) is 14.1. The third-order valence-corrected chi connectivity index (χ3v) is 3.91. The van der Waals surface area contributed by atoms with Gasteiger partial charge in [0, 0.05) is 12.8 Å². The predicted molar refractivity (Wildman–Crippen MR) is 104 cm³/mol. The van der Waals surface area contributed by atoms with Crippen LogP contribution in [-0.4, -0.2) is 65.0 Å². The van der Waals surface area contributed by atoms with Crippen molar-refractivity contribution < 1.29 is 34.2 Å². The van der Waals surface area contributed by atoms with Crippen molar-refractivity contribution in [2.75, 3.05) is 13.1 Å². The van der Waals surface area contributed by atoms with Gasteiger partial charge in [0.25, 0.3) is 0 Å². The monoisotopic (exact) mass is 423 g/mol. The zero-order valence-corrected chi connectivity index (χ0v) is 16.1. The molecule has 12 heteroatoms. The van der Waals surface area contributed by atoms with Crippen LogP contribution in [0.15, 0.2) is 24.3 Å². The van der Waals surface area contributed by atoms with Crippen LogP contribution in [0.5, 0.6) is 5.75 Å². The Balaban J connectivity index is 2.78. The Kier molecular flexibility index (Phi) is 9.76. The maximum atomic E-state index is 12.5. The standard InChI is InChI=1S/C18H25N5O7/c19-12(5-6-14(20)25)17(29)23-13(7-10-1-3-11(24)4-2-10)18(30)22-8-15(26)21-9-16(27)28/h1-4,12-13,24H,5-9,19H2,(H2,20,25)(H,21,26)(H,22,30)(H,23,29)(H,27,28). The van der Waals surface area contributed by atoms with Crippen LogP contribution in [0.1, 0.15) is 18.4 Å². The number of hydrogen-bond acceptors (Lipinski definition) is 7. The number of carbonyl (C=O) groups is 5. The zero-order valence-electron chi connectivity index (χ0n) is 16.1. The summed E-state index contributed by atoms with van der Waals surface area (Å²) in [5, 5.41) is 24.8. The molecule has 0 radical (unpaired) electrons. The van der Waals surface area contributed by atoms with Crippen molar-refractivity contribution in [1.29, 1.82) is 0 Å². The van der Waals surface area contributed by atoms with Crippen LogP contribution >= 0.6 is 0 Å². The molecule has 4 amide bonds. The average Bonchev–Trinajstić information content (AvgIpc) is 2.69. The molecule has 9 N–H and O–H groups in total. The van der Waals surface area contributed by atoms with Crippen LogP contribution < -0.4 is 27.4 Å². The molecule has 12 nitrogen and oxygen atoms in total. The smallest absolute Gasteiger partial charge is 0.322 e. The quantitative estimate of drug-likeness (QED) is 0.188. The number of amides is 4. The lowest BCUT2D eigenvalue weighted by Gasteiger charge is -2.21. The van der Waals surface area contributed by atoms with Crippen molar-refractivity contribution in [1.82, 2.24) is 16.0 Å². The molecule has 0 heterocycles. The summed E-state index contributed by atoms with van der Waals surface area (Å²) in [7, 11) is 0. The third kappa shape index (κ3) is 9.50. The first kappa shape index (κ1) is 24.4. The van der Waals surface area contributed by atoms with Crippen molar-refractivity contribution in [3.05, 3.63) is 29.8 Å². The van der Waals surface area contributed by atoms with Crippen LogP contribution in [0.2, 0.25) is 0 Å². The van der Waals surface area contributed by atoms with Gasteiger partial charge in [0.15, 0.2) is 0 Å². The highest BCUT2D eigenvalue weighted by Crippen LogP contribution is 2.11. The van der Waals surface area contributed by atoms with Crippen LogP contribution in [0, 0.1) is 0 Å². The Bertz CT molecular complexity index is 782. The van der Waals surface area contributed by atoms with Crippen molar-refractivity contribution in [3.8, 4) is 5.75 Å². The molecule has 0 aliphatic heterocycles. The zero-order chi connectivity index (χ0) is 22.7. The van der Waals surface area contributed by atoms with Gasteiger partial charge in [0.05, 0.1) is 12.6 Å². The van der Waals surface area contributed by atoms with E-state index in [9.17, 15) is 29.1 Å². The number of benzene rings is 1. The van der Waals surface area contributed by atoms with Gasteiger partial charge in [0.1, 0.15) is 18.3 Å². The van der Waals surface area contributed by atoms with Crippen LogP contribution in [-0.2, 0) is 30.4 Å². The Morgan fingerprint density at radius 3 is 2.17 bits per heavy atom. The molecular formula is C18H25N5O7. The van der Waals surface area contributed by atoms with Gasteiger partial charge in [-0.25, -0.2) is 0 Å². The van der Waals surface area contributed by atoms with E-state index in [2.05, 4.69) is 16.0 Å². The van der Waals surface area contributed by atoms with E-state index < -0.39 is 54.8 Å². The summed E-state index contributed by atoms with van der Waals surface area (Å²) in [6.45, 7) is -1.10. The fraction of sp³-hybridized carbons (Fsp3) is 0.389. The lowest BCUT2D eigenvalue weighted by atomic mass is 10.0. The van der Waals surface area contributed by atoms with Gasteiger partial charge in [-0.15, -0.1) is 0 Å². The minimum Gasteiger partial charge on any atom is -0.508 e. The summed E-state index contributed by atoms with van der Waals surface area (Å²) in [6.07, 6.45) is -0.0867. The second kappa shape index (κ2) is 12.0. The van der Waals surface area contributed by atoms with E-state index in [4.69, 9.17) is 16.6 Å². The normalized spacial score (nSPS) is 12.3. The summed E-state index contributed by atoms with van der Waals surface area (Å²) in [6, 6.07) is 3.72. The number of aromatic hydroxyl groups is 1. The molecule has 0 bridgehead atoms. The van der Waals surface area contributed by atoms with Gasteiger partial charge in [-0.2, -0.15) is 0 Å². The van der Waals surface area contributed by atoms with Gasteiger partial charge >= 0.3 is 5.97 Å². The summed E-state index contributed by atoms with van der Waals surface area (Å²) in [5.41, 5.74) is 11.3. The SMILES string of the molecule is NC(=O)CCC(N)C(=O)NC(Cc1ccc(O)cc1)C(=O)NCC(=O)NCC(=O)O. The molecular weight excluding hydrogens is 398 g/mol. The van der Waals surface area contributed by atoms with Crippen molar-refractivity contribution in [3.63, 3.8) is 0 Å². The topological polar surface area (TPSA) is 214 Å². The summed E-state index contributed by atoms with van der Waals surface area (Å²) in [5.74, 6) is -3.96. The first-order valence-corrected chi connectivity index (χ1v) is 8.97. The number of nitrogens with two attached hydrogens (primary N) is 2. The number of hydrogen-bond donors (Lipinski definition) is 7. The van der Waals surface area contributed by atoms with Crippen molar-refractivity contribution >= 4 is 29.6 Å². The number of carboxylic acids is 1. The first-order valence-electron chi connectivity index (χ1n) is 8.97. The van der Waals surface area contributed by atoms with Gasteiger partial charge in [0.2, 0.25) is 23.6 Å². The fourth-order valence-electron chi connectivity index (χ4n) is 2.31. The van der Waals surface area contributed by atoms with Gasteiger partial charge in [-0.3, -0.25) is 24.0 Å². The molecule has 1 rings (SSSR count). The molecule has 0 aliphatic carbocycles. The Labute approximate surface area is 172 Å². The molecule has 0 spiro atoms. The molecule has 30 heavy (non-hydrogen) atoms. The van der Waals surface area contributed by atoms with Crippen molar-refractivity contribution in [2.24, 2.45) is 11.5 Å². The van der Waals surface area contributed by atoms with E-state index in [0.717, 1.165) is 0 Å². The number of rotatable bonds is 12. The second-order valence-corrected chi connectivity index (χ2v) is 6.43. The highest BCUT2D eigenvalue weighted by atomic mass is 16.4. The van der Waals surface area contributed by atoms with E-state index >= 15 is 0 Å². The molecule has 0 aliphatic rings. The van der Waals surface area contributed by atoms with E-state index in [1.165, 1.54) is 12.1 Å². The Morgan fingerprint density at radius 2 is 1.60 bits per heavy atom. The largest absolute Gasteiger partial charge is 0.508 e. The number of carbonyl (C=O) groups excluding carboxylic acids is 4. The van der Waals surface area contributed by atoms with E-state index in [1.807, 2.05) is 0 Å². The lowest BCUT2D eigenvalue weighted by molar-refractivity contribution is -0.138. The van der Waals surface area contributed by atoms with E-state index in [-0.39, 0.29) is 25.0 Å². The average molecular weight is 423 g/mol. The molecule has 164 valence electrons. The molecule has 0 fully saturated rings. The van der Waals surface area contributed by atoms with Gasteiger partial charge < -0.3 is 37.6 Å². The predicted octanol–water partition coefficient (Wildman–Crippen LogP) is -2.67. The number of aliphatic carboxylic acids is 1. The number of nitrogens with one attached hydrogen (secondary N) is 3.